The van der Waals surface area contributed by atoms with Crippen LogP contribution in [0, 0.1) is 11.7 Å². The van der Waals surface area contributed by atoms with Crippen molar-refractivity contribution in [3.63, 3.8) is 0 Å². The topological polar surface area (TPSA) is 114 Å². The Morgan fingerprint density at radius 3 is 2.59 bits per heavy atom. The number of H-pyrrole nitrogens is 1. The highest BCUT2D eigenvalue weighted by molar-refractivity contribution is 7.91. The molecule has 2 aromatic carbocycles. The Kier molecular flexibility index (Phi) is 4.89. The molecule has 1 atom stereocenters. The minimum atomic E-state index is -4.51. The third kappa shape index (κ3) is 3.40. The molecule has 1 aliphatic rings. The Morgan fingerprint density at radius 2 is 1.91 bits per heavy atom. The van der Waals surface area contributed by atoms with Crippen LogP contribution in [0.5, 0.6) is 0 Å². The quantitative estimate of drug-likeness (QED) is 0.396. The molecule has 0 spiro atoms. The van der Waals surface area contributed by atoms with Crippen LogP contribution < -0.4 is 11.2 Å². The van der Waals surface area contributed by atoms with E-state index >= 15 is 0 Å². The molecule has 2 N–H and O–H groups in total. The smallest absolute Gasteiger partial charge is 0.362 e. The van der Waals surface area contributed by atoms with Gasteiger partial charge in [-0.1, -0.05) is 16.3 Å². The maximum atomic E-state index is 14.8. The van der Waals surface area contributed by atoms with E-state index in [-0.39, 0.29) is 40.0 Å². The van der Waals surface area contributed by atoms with Crippen molar-refractivity contribution in [1.29, 1.82) is 0 Å². The van der Waals surface area contributed by atoms with Crippen LogP contribution in [0.1, 0.15) is 12.8 Å². The van der Waals surface area contributed by atoms with Gasteiger partial charge < -0.3 is 14.8 Å². The summed E-state index contributed by atoms with van der Waals surface area (Å²) in [4.78, 5) is 25.3. The number of hydrogen-bond donors (Lipinski definition) is 2. The molecule has 4 aromatic rings. The molecule has 0 saturated heterocycles. The van der Waals surface area contributed by atoms with E-state index < -0.39 is 59.4 Å². The van der Waals surface area contributed by atoms with Crippen molar-refractivity contribution in [3.05, 3.63) is 68.2 Å². The van der Waals surface area contributed by atoms with Crippen molar-refractivity contribution in [2.45, 2.75) is 35.1 Å². The second kappa shape index (κ2) is 7.37. The number of nitrogens with zero attached hydrogens (tertiary/aromatic N) is 2. The molecule has 0 amide bonds. The molecule has 0 radical (unpaired) electrons. The number of nitrogens with one attached hydrogen (secondary N) is 1. The molecule has 0 aliphatic heterocycles. The molecule has 34 heavy (non-hydrogen) atoms. The lowest BCUT2D eigenvalue weighted by Crippen LogP contribution is -2.33. The van der Waals surface area contributed by atoms with Gasteiger partial charge in [-0.15, -0.1) is 0 Å². The molecule has 2 aromatic heterocycles. The number of fused-ring (bicyclic) bond motifs is 2. The van der Waals surface area contributed by atoms with E-state index in [4.69, 9.17) is 11.6 Å². The molecule has 13 heteroatoms. The van der Waals surface area contributed by atoms with Crippen LogP contribution in [0.25, 0.3) is 21.8 Å². The molecule has 1 fully saturated rings. The molecule has 1 aliphatic carbocycles. The van der Waals surface area contributed by atoms with Gasteiger partial charge in [0, 0.05) is 30.5 Å². The summed E-state index contributed by atoms with van der Waals surface area (Å²) in [6.07, 6.45) is 1.42. The number of rotatable bonds is 5. The summed E-state index contributed by atoms with van der Waals surface area (Å²) < 4.78 is 69.4. The van der Waals surface area contributed by atoms with Gasteiger partial charge in [-0.2, -0.15) is 0 Å². The standard InChI is InChI=1S/C21H15ClF3N3O5S/c22-13-1-2-16(18-17(13)19(29)28(31)20(30)26-18)34(32,33)11-7-14(23)12-4-6-27(15(12)8-11)5-3-10-9-21(10,24)25/h1-2,4,6-8,10,31H,3,5,9H2,(H,26,30). The van der Waals surface area contributed by atoms with E-state index in [1.165, 1.54) is 22.9 Å². The van der Waals surface area contributed by atoms with Gasteiger partial charge in [-0.3, -0.25) is 4.79 Å². The van der Waals surface area contributed by atoms with Crippen LogP contribution in [0.2, 0.25) is 5.02 Å². The van der Waals surface area contributed by atoms with Crippen molar-refractivity contribution in [3.8, 4) is 0 Å². The Labute approximate surface area is 193 Å². The first-order valence-electron chi connectivity index (χ1n) is 10.00. The van der Waals surface area contributed by atoms with Crippen molar-refractivity contribution in [2.75, 3.05) is 0 Å². The van der Waals surface area contributed by atoms with Gasteiger partial charge in [-0.05, 0) is 36.8 Å². The van der Waals surface area contributed by atoms with Crippen LogP contribution >= 0.6 is 11.6 Å². The zero-order valence-electron chi connectivity index (χ0n) is 17.1. The van der Waals surface area contributed by atoms with Crippen molar-refractivity contribution >= 4 is 43.2 Å². The molecule has 178 valence electrons. The SMILES string of the molecule is O=c1[nH]c2c(S(=O)(=O)c3cc(F)c4ccn(CCC5CC5(F)F)c4c3)ccc(Cl)c2c(=O)n1O. The number of hydrogen-bond acceptors (Lipinski definition) is 5. The second-order valence-corrected chi connectivity index (χ2v) is 10.5. The summed E-state index contributed by atoms with van der Waals surface area (Å²) >= 11 is 5.99. The molecular formula is C21H15ClF3N3O5S. The zero-order valence-corrected chi connectivity index (χ0v) is 18.6. The molecule has 8 nitrogen and oxygen atoms in total. The highest BCUT2D eigenvalue weighted by Gasteiger charge is 2.55. The van der Waals surface area contributed by atoms with E-state index in [0.29, 0.717) is 0 Å². The van der Waals surface area contributed by atoms with Crippen LogP contribution in [0.4, 0.5) is 13.2 Å². The van der Waals surface area contributed by atoms with Crippen LogP contribution in [-0.2, 0) is 16.4 Å². The van der Waals surface area contributed by atoms with Crippen LogP contribution in [0.3, 0.4) is 0 Å². The van der Waals surface area contributed by atoms with Gasteiger partial charge >= 0.3 is 5.69 Å². The van der Waals surface area contributed by atoms with Crippen LogP contribution in [0.15, 0.2) is 55.9 Å². The summed E-state index contributed by atoms with van der Waals surface area (Å²) in [6.45, 7) is 0.139. The van der Waals surface area contributed by atoms with E-state index in [2.05, 4.69) is 4.98 Å². The van der Waals surface area contributed by atoms with E-state index in [1.807, 2.05) is 0 Å². The highest BCUT2D eigenvalue weighted by Crippen LogP contribution is 2.50. The first-order valence-corrected chi connectivity index (χ1v) is 11.9. The van der Waals surface area contributed by atoms with Gasteiger partial charge in [0.25, 0.3) is 11.5 Å². The lowest BCUT2D eigenvalue weighted by molar-refractivity contribution is 0.0961. The van der Waals surface area contributed by atoms with Crippen LogP contribution in [-0.4, -0.2) is 33.8 Å². The minimum Gasteiger partial charge on any atom is -0.421 e. The Balaban J connectivity index is 1.66. The molecular weight excluding hydrogens is 499 g/mol. The Morgan fingerprint density at radius 1 is 1.21 bits per heavy atom. The van der Waals surface area contributed by atoms with Gasteiger partial charge in [0.2, 0.25) is 9.84 Å². The Bertz CT molecular complexity index is 1730. The number of halogens is 4. The predicted octanol–water partition coefficient (Wildman–Crippen LogP) is 3.55. The summed E-state index contributed by atoms with van der Waals surface area (Å²) in [6, 6.07) is 5.57. The van der Waals surface area contributed by atoms with Gasteiger partial charge in [0.05, 0.1) is 31.2 Å². The minimum absolute atomic E-state index is 0.110. The van der Waals surface area contributed by atoms with E-state index in [1.54, 1.807) is 0 Å². The number of aromatic amines is 1. The first-order chi connectivity index (χ1) is 15.9. The number of sulfone groups is 1. The fourth-order valence-electron chi connectivity index (χ4n) is 4.05. The molecule has 1 unspecified atom stereocenters. The first kappa shape index (κ1) is 22.5. The average molecular weight is 514 g/mol. The zero-order chi connectivity index (χ0) is 24.6. The number of aromatic nitrogens is 3. The van der Waals surface area contributed by atoms with Crippen molar-refractivity contribution in [2.24, 2.45) is 5.92 Å². The Hall–Kier alpha value is -3.25. The molecule has 0 bridgehead atoms. The fourth-order valence-corrected chi connectivity index (χ4v) is 5.74. The predicted molar refractivity (Wildman–Crippen MR) is 116 cm³/mol. The van der Waals surface area contributed by atoms with E-state index in [0.717, 1.165) is 18.2 Å². The highest BCUT2D eigenvalue weighted by atomic mass is 35.5. The fraction of sp³-hybridized carbons (Fsp3) is 0.238. The van der Waals surface area contributed by atoms with Gasteiger partial charge in [-0.25, -0.2) is 26.4 Å². The third-order valence-corrected chi connectivity index (χ3v) is 8.12. The number of benzene rings is 2. The normalized spacial score (nSPS) is 17.5. The summed E-state index contributed by atoms with van der Waals surface area (Å²) in [5.74, 6) is -4.33. The second-order valence-electron chi connectivity index (χ2n) is 8.14. The monoisotopic (exact) mass is 513 g/mol. The molecule has 1 saturated carbocycles. The molecule has 5 rings (SSSR count). The lowest BCUT2D eigenvalue weighted by Gasteiger charge is -2.11. The third-order valence-electron chi connectivity index (χ3n) is 6.03. The maximum Gasteiger partial charge on any atom is 0.362 e. The number of aryl methyl sites for hydroxylation is 1. The molecule has 2 heterocycles. The average Bonchev–Trinajstić information content (AvgIpc) is 3.17. The van der Waals surface area contributed by atoms with Crippen molar-refractivity contribution < 1.29 is 26.8 Å². The summed E-state index contributed by atoms with van der Waals surface area (Å²) in [5, 5.41) is 9.03. The van der Waals surface area contributed by atoms with Crippen molar-refractivity contribution in [1.82, 2.24) is 14.3 Å². The summed E-state index contributed by atoms with van der Waals surface area (Å²) in [5.41, 5.74) is -2.77. The summed E-state index contributed by atoms with van der Waals surface area (Å²) in [7, 11) is -4.51. The van der Waals surface area contributed by atoms with E-state index in [9.17, 15) is 36.4 Å². The van der Waals surface area contributed by atoms with Gasteiger partial charge in [0.1, 0.15) is 5.82 Å². The lowest BCUT2D eigenvalue weighted by atomic mass is 10.2. The maximum absolute atomic E-state index is 14.8. The van der Waals surface area contributed by atoms with Gasteiger partial charge in [0.15, 0.2) is 0 Å². The largest absolute Gasteiger partial charge is 0.421 e. The number of alkyl halides is 2.